The van der Waals surface area contributed by atoms with E-state index in [1.54, 1.807) is 6.92 Å². The maximum atomic E-state index is 14.8. The fourth-order valence-corrected chi connectivity index (χ4v) is 3.24. The molecule has 1 fully saturated rings. The summed E-state index contributed by atoms with van der Waals surface area (Å²) in [6.45, 7) is 2.08. The smallest absolute Gasteiger partial charge is 0.240 e. The summed E-state index contributed by atoms with van der Waals surface area (Å²) < 4.78 is 33.4. The van der Waals surface area contributed by atoms with Crippen molar-refractivity contribution in [2.75, 3.05) is 23.0 Å². The van der Waals surface area contributed by atoms with Crippen LogP contribution in [0.25, 0.3) is 0 Å². The van der Waals surface area contributed by atoms with Crippen molar-refractivity contribution in [3.8, 4) is 11.6 Å². The van der Waals surface area contributed by atoms with Gasteiger partial charge < -0.3 is 25.9 Å². The highest BCUT2D eigenvalue weighted by molar-refractivity contribution is 6.16. The van der Waals surface area contributed by atoms with Crippen LogP contribution < -0.4 is 21.1 Å². The van der Waals surface area contributed by atoms with E-state index in [4.69, 9.17) is 15.3 Å². The van der Waals surface area contributed by atoms with Crippen LogP contribution in [0.2, 0.25) is 0 Å². The number of nitrogens with two attached hydrogens (primary N) is 1. The van der Waals surface area contributed by atoms with Crippen molar-refractivity contribution in [3.05, 3.63) is 66.0 Å². The molecular formula is C24H22F2N6O4. The third-order valence-electron chi connectivity index (χ3n) is 5.38. The summed E-state index contributed by atoms with van der Waals surface area (Å²) in [6, 6.07) is 8.97. The van der Waals surface area contributed by atoms with Gasteiger partial charge in [-0.05, 0) is 56.2 Å². The monoisotopic (exact) mass is 496 g/mol. The lowest BCUT2D eigenvalue weighted by molar-refractivity contribution is -0.131. The number of nitrogen functional groups attached to an aromatic ring is 1. The van der Waals surface area contributed by atoms with Gasteiger partial charge >= 0.3 is 0 Å². The van der Waals surface area contributed by atoms with Gasteiger partial charge in [0.1, 0.15) is 35.5 Å². The Balaban J connectivity index is 1.44. The number of amides is 2. The third kappa shape index (κ3) is 5.37. The quantitative estimate of drug-likeness (QED) is 0.232. The van der Waals surface area contributed by atoms with E-state index in [2.05, 4.69) is 25.8 Å². The van der Waals surface area contributed by atoms with Crippen molar-refractivity contribution in [2.45, 2.75) is 19.8 Å². The first-order chi connectivity index (χ1) is 17.3. The normalized spacial score (nSPS) is 13.8. The first-order valence-electron chi connectivity index (χ1n) is 10.9. The van der Waals surface area contributed by atoms with Crippen LogP contribution in [0, 0.1) is 17.0 Å². The Kier molecular flexibility index (Phi) is 7.04. The average Bonchev–Trinajstić information content (AvgIpc) is 3.66. The largest absolute Gasteiger partial charge is 0.435 e. The SMILES string of the molecule is CCO/N=C/c1c(N)ncnc1Oc1ccc(NC(=O)C2(C(=O)Nc3ccc(F)cc3)CC2)cc1F. The predicted molar refractivity (Wildman–Crippen MR) is 127 cm³/mol. The minimum atomic E-state index is -1.28. The van der Waals surface area contributed by atoms with Crippen molar-refractivity contribution >= 4 is 35.2 Å². The van der Waals surface area contributed by atoms with Crippen LogP contribution in [0.3, 0.4) is 0 Å². The Morgan fingerprint density at radius 3 is 2.39 bits per heavy atom. The number of carbonyl (C=O) groups is 2. The minimum Gasteiger partial charge on any atom is -0.435 e. The highest BCUT2D eigenvalue weighted by Crippen LogP contribution is 2.47. The second-order valence-corrected chi connectivity index (χ2v) is 7.87. The molecule has 0 bridgehead atoms. The Hall–Kier alpha value is -4.61. The molecule has 12 heteroatoms. The molecule has 1 aliphatic carbocycles. The van der Waals surface area contributed by atoms with Gasteiger partial charge in [0.2, 0.25) is 17.7 Å². The summed E-state index contributed by atoms with van der Waals surface area (Å²) in [6.07, 6.45) is 3.07. The molecule has 3 aromatic rings. The molecule has 4 rings (SSSR count). The fourth-order valence-electron chi connectivity index (χ4n) is 3.24. The van der Waals surface area contributed by atoms with Gasteiger partial charge in [-0.1, -0.05) is 5.16 Å². The molecule has 0 atom stereocenters. The molecule has 1 saturated carbocycles. The van der Waals surface area contributed by atoms with Crippen LogP contribution in [-0.4, -0.2) is 34.6 Å². The van der Waals surface area contributed by atoms with Gasteiger partial charge in [-0.3, -0.25) is 9.59 Å². The molecule has 0 spiro atoms. The molecule has 0 unspecified atom stereocenters. The van der Waals surface area contributed by atoms with Gasteiger partial charge in [0.05, 0.1) is 6.21 Å². The first kappa shape index (κ1) is 24.5. The molecule has 186 valence electrons. The topological polar surface area (TPSA) is 141 Å². The number of nitrogens with one attached hydrogen (secondary N) is 2. The van der Waals surface area contributed by atoms with E-state index < -0.39 is 28.9 Å². The first-order valence-corrected chi connectivity index (χ1v) is 10.9. The van der Waals surface area contributed by atoms with Gasteiger partial charge in [-0.25, -0.2) is 18.7 Å². The molecule has 10 nitrogen and oxygen atoms in total. The van der Waals surface area contributed by atoms with Gasteiger partial charge in [0.15, 0.2) is 11.6 Å². The lowest BCUT2D eigenvalue weighted by Crippen LogP contribution is -2.35. The maximum Gasteiger partial charge on any atom is 0.240 e. The number of nitrogens with zero attached hydrogens (tertiary/aromatic N) is 3. The van der Waals surface area contributed by atoms with Gasteiger partial charge in [-0.15, -0.1) is 0 Å². The van der Waals surface area contributed by atoms with E-state index in [9.17, 15) is 18.4 Å². The molecule has 2 aromatic carbocycles. The van der Waals surface area contributed by atoms with Crippen molar-refractivity contribution in [3.63, 3.8) is 0 Å². The van der Waals surface area contributed by atoms with Crippen molar-refractivity contribution in [2.24, 2.45) is 10.6 Å². The molecule has 0 radical (unpaired) electrons. The summed E-state index contributed by atoms with van der Waals surface area (Å²) in [7, 11) is 0. The standard InChI is InChI=1S/C24H22F2N6O4/c1-2-35-30-12-17-20(27)28-13-29-21(17)36-19-8-7-16(11-18(19)26)32-23(34)24(9-10-24)22(33)31-15-5-3-14(25)4-6-15/h3-8,11-13H,2,9-10H2,1H3,(H,31,33)(H,32,34)(H2,27,28,29)/b30-12+. The number of anilines is 3. The predicted octanol–water partition coefficient (Wildman–Crippen LogP) is 3.86. The lowest BCUT2D eigenvalue weighted by Gasteiger charge is -2.16. The summed E-state index contributed by atoms with van der Waals surface area (Å²) in [5, 5.41) is 8.89. The Morgan fingerprint density at radius 1 is 1.08 bits per heavy atom. The molecule has 36 heavy (non-hydrogen) atoms. The van der Waals surface area contributed by atoms with E-state index in [1.165, 1.54) is 42.6 Å². The van der Waals surface area contributed by atoms with Crippen LogP contribution in [0.5, 0.6) is 11.6 Å². The number of carbonyl (C=O) groups excluding carboxylic acids is 2. The Bertz CT molecular complexity index is 1310. The summed E-state index contributed by atoms with van der Waals surface area (Å²) >= 11 is 0. The molecule has 1 aromatic heterocycles. The summed E-state index contributed by atoms with van der Waals surface area (Å²) in [5.41, 5.74) is 5.24. The molecule has 4 N–H and O–H groups in total. The van der Waals surface area contributed by atoms with Crippen LogP contribution >= 0.6 is 0 Å². The van der Waals surface area contributed by atoms with E-state index in [0.29, 0.717) is 25.1 Å². The number of hydrogen-bond acceptors (Lipinski definition) is 8. The van der Waals surface area contributed by atoms with E-state index in [0.717, 1.165) is 12.4 Å². The molecule has 2 amide bonds. The summed E-state index contributed by atoms with van der Waals surface area (Å²) in [5.74, 6) is -2.51. The zero-order valence-electron chi connectivity index (χ0n) is 19.1. The van der Waals surface area contributed by atoms with Crippen LogP contribution in [0.1, 0.15) is 25.3 Å². The number of ether oxygens (including phenoxy) is 1. The van der Waals surface area contributed by atoms with E-state index in [1.807, 2.05) is 0 Å². The second kappa shape index (κ2) is 10.3. The number of oxime groups is 1. The zero-order chi connectivity index (χ0) is 25.7. The van der Waals surface area contributed by atoms with Crippen LogP contribution in [0.4, 0.5) is 26.0 Å². The number of aromatic nitrogens is 2. The molecule has 1 aliphatic rings. The van der Waals surface area contributed by atoms with Gasteiger partial charge in [0, 0.05) is 17.4 Å². The number of hydrogen-bond donors (Lipinski definition) is 3. The van der Waals surface area contributed by atoms with Crippen molar-refractivity contribution in [1.82, 2.24) is 9.97 Å². The molecule has 1 heterocycles. The van der Waals surface area contributed by atoms with Gasteiger partial charge in [0.25, 0.3) is 0 Å². The van der Waals surface area contributed by atoms with Crippen LogP contribution in [0.15, 0.2) is 53.9 Å². The van der Waals surface area contributed by atoms with E-state index in [-0.39, 0.29) is 28.7 Å². The minimum absolute atomic E-state index is 0.0453. The fraction of sp³-hybridized carbons (Fsp3) is 0.208. The Labute approximate surface area is 204 Å². The maximum absolute atomic E-state index is 14.8. The van der Waals surface area contributed by atoms with E-state index >= 15 is 0 Å². The van der Waals surface area contributed by atoms with Crippen LogP contribution in [-0.2, 0) is 14.4 Å². The number of halogens is 2. The zero-order valence-corrected chi connectivity index (χ0v) is 19.1. The number of rotatable bonds is 9. The molecular weight excluding hydrogens is 474 g/mol. The Morgan fingerprint density at radius 2 is 1.75 bits per heavy atom. The highest BCUT2D eigenvalue weighted by Gasteiger charge is 2.56. The average molecular weight is 496 g/mol. The number of benzene rings is 2. The summed E-state index contributed by atoms with van der Waals surface area (Å²) in [4.78, 5) is 38.2. The lowest BCUT2D eigenvalue weighted by atomic mass is 10.0. The molecule has 0 aliphatic heterocycles. The second-order valence-electron chi connectivity index (χ2n) is 7.87. The van der Waals surface area contributed by atoms with Gasteiger partial charge in [-0.2, -0.15) is 0 Å². The third-order valence-corrected chi connectivity index (χ3v) is 5.38. The van der Waals surface area contributed by atoms with Crippen molar-refractivity contribution < 1.29 is 27.9 Å². The highest BCUT2D eigenvalue weighted by atomic mass is 19.1. The molecule has 0 saturated heterocycles. The van der Waals surface area contributed by atoms with Crippen molar-refractivity contribution in [1.29, 1.82) is 0 Å².